The number of piperazine rings is 1. The number of carbonyl (C=O) groups excluding carboxylic acids is 2. The molecule has 1 fully saturated rings. The number of nitrogens with zero attached hydrogens (tertiary/aromatic N) is 3. The number of hydrogen-bond donors (Lipinski definition) is 2. The summed E-state index contributed by atoms with van der Waals surface area (Å²) < 4.78 is 14.7. The van der Waals surface area contributed by atoms with Crippen molar-refractivity contribution in [2.24, 2.45) is 5.84 Å². The van der Waals surface area contributed by atoms with Crippen LogP contribution in [0.2, 0.25) is 5.02 Å². The molecule has 0 unspecified atom stereocenters. The van der Waals surface area contributed by atoms with E-state index in [1.807, 2.05) is 5.43 Å². The van der Waals surface area contributed by atoms with E-state index in [1.54, 1.807) is 29.2 Å². The molecule has 1 aliphatic rings. The molecule has 1 aliphatic heterocycles. The van der Waals surface area contributed by atoms with Gasteiger partial charge in [-0.25, -0.2) is 15.0 Å². The van der Waals surface area contributed by atoms with Gasteiger partial charge in [0.2, 0.25) is 0 Å². The predicted molar refractivity (Wildman–Crippen MR) is 115 cm³/mol. The van der Waals surface area contributed by atoms with E-state index >= 15 is 0 Å². The maximum atomic E-state index is 14.7. The van der Waals surface area contributed by atoms with Crippen molar-refractivity contribution in [3.63, 3.8) is 0 Å². The predicted octanol–water partition coefficient (Wildman–Crippen LogP) is 2.85. The van der Waals surface area contributed by atoms with Gasteiger partial charge in [-0.3, -0.25) is 15.1 Å². The molecule has 0 spiro atoms. The number of likely N-dealkylation sites (N-methyl/N-ethyl adjacent to an activating group) is 1. The van der Waals surface area contributed by atoms with Crippen molar-refractivity contribution in [1.82, 2.24) is 15.2 Å². The molecule has 0 radical (unpaired) electrons. The summed E-state index contributed by atoms with van der Waals surface area (Å²) in [5, 5.41) is 0.483. The number of amides is 3. The number of anilines is 1. The normalized spacial score (nSPS) is 14.5. The van der Waals surface area contributed by atoms with E-state index in [2.05, 4.69) is 11.8 Å². The van der Waals surface area contributed by atoms with Gasteiger partial charge in [0.15, 0.2) is 0 Å². The summed E-state index contributed by atoms with van der Waals surface area (Å²) in [6.07, 6.45) is 0. The van der Waals surface area contributed by atoms with Crippen LogP contribution in [0.5, 0.6) is 0 Å². The molecule has 7 nitrogen and oxygen atoms in total. The summed E-state index contributed by atoms with van der Waals surface area (Å²) >= 11 is 6.13. The summed E-state index contributed by atoms with van der Waals surface area (Å²) in [7, 11) is 0. The van der Waals surface area contributed by atoms with E-state index in [1.165, 1.54) is 17.0 Å². The van der Waals surface area contributed by atoms with Crippen molar-refractivity contribution in [3.05, 3.63) is 64.4 Å². The van der Waals surface area contributed by atoms with Gasteiger partial charge in [0.25, 0.3) is 5.91 Å². The van der Waals surface area contributed by atoms with E-state index in [0.29, 0.717) is 23.8 Å². The lowest BCUT2D eigenvalue weighted by Crippen LogP contribution is -2.52. The van der Waals surface area contributed by atoms with Gasteiger partial charge >= 0.3 is 6.03 Å². The number of carbonyl (C=O) groups is 2. The number of nitrogens with one attached hydrogen (secondary N) is 1. The Morgan fingerprint density at radius 3 is 2.50 bits per heavy atom. The van der Waals surface area contributed by atoms with Gasteiger partial charge in [-0.1, -0.05) is 30.7 Å². The third kappa shape index (κ3) is 5.08. The van der Waals surface area contributed by atoms with Crippen molar-refractivity contribution in [1.29, 1.82) is 0 Å². The third-order valence-corrected chi connectivity index (χ3v) is 5.45. The van der Waals surface area contributed by atoms with Gasteiger partial charge in [-0.15, -0.1) is 0 Å². The Bertz CT molecular complexity index is 918. The molecule has 30 heavy (non-hydrogen) atoms. The van der Waals surface area contributed by atoms with Crippen LogP contribution in [-0.4, -0.2) is 54.5 Å². The first-order chi connectivity index (χ1) is 14.4. The number of urea groups is 1. The van der Waals surface area contributed by atoms with E-state index in [9.17, 15) is 14.0 Å². The van der Waals surface area contributed by atoms with Crippen LogP contribution in [-0.2, 0) is 6.54 Å². The topological polar surface area (TPSA) is 81.9 Å². The average Bonchev–Trinajstić information content (AvgIpc) is 2.77. The molecule has 1 heterocycles. The highest BCUT2D eigenvalue weighted by molar-refractivity contribution is 6.30. The van der Waals surface area contributed by atoms with Gasteiger partial charge < -0.3 is 9.80 Å². The quantitative estimate of drug-likeness (QED) is 0.431. The molecule has 3 amide bonds. The number of hydrazine groups is 1. The molecule has 2 aromatic carbocycles. The van der Waals surface area contributed by atoms with Crippen LogP contribution < -0.4 is 16.2 Å². The molecule has 1 saturated heterocycles. The van der Waals surface area contributed by atoms with Crippen LogP contribution in [0.25, 0.3) is 0 Å². The summed E-state index contributed by atoms with van der Waals surface area (Å²) in [6.45, 7) is 5.82. The first-order valence-corrected chi connectivity index (χ1v) is 10.1. The fourth-order valence-corrected chi connectivity index (χ4v) is 3.59. The van der Waals surface area contributed by atoms with Gasteiger partial charge in [0.1, 0.15) is 5.82 Å². The highest BCUT2D eigenvalue weighted by Crippen LogP contribution is 2.24. The van der Waals surface area contributed by atoms with Crippen molar-refractivity contribution >= 4 is 29.2 Å². The Morgan fingerprint density at radius 1 is 1.17 bits per heavy atom. The molecular formula is C21H25ClFN5O2. The molecule has 160 valence electrons. The number of nitrogen functional groups attached to an aromatic ring is 1. The maximum absolute atomic E-state index is 14.7. The Labute approximate surface area is 180 Å². The molecule has 0 aromatic heterocycles. The van der Waals surface area contributed by atoms with Crippen LogP contribution in [0, 0.1) is 5.82 Å². The zero-order valence-corrected chi connectivity index (χ0v) is 17.5. The molecule has 0 atom stereocenters. The summed E-state index contributed by atoms with van der Waals surface area (Å²) in [5.41, 5.74) is 2.94. The molecular weight excluding hydrogens is 409 g/mol. The van der Waals surface area contributed by atoms with Crippen LogP contribution in [0.3, 0.4) is 0 Å². The standard InChI is InChI=1S/C21H25ClFN5O2/c1-2-26-8-10-27(11-9-26)21(30)28(18-5-3-4-17(22)13-18)14-16-7-6-15(12-19(16)23)20(29)25-24/h3-7,12-13H,2,8-11,14,24H2,1H3,(H,25,29). The summed E-state index contributed by atoms with van der Waals surface area (Å²) in [6, 6.07) is 10.8. The van der Waals surface area contributed by atoms with E-state index in [-0.39, 0.29) is 23.7 Å². The highest BCUT2D eigenvalue weighted by Gasteiger charge is 2.27. The van der Waals surface area contributed by atoms with Gasteiger partial charge in [0.05, 0.1) is 6.54 Å². The lowest BCUT2D eigenvalue weighted by Gasteiger charge is -2.37. The number of hydrogen-bond acceptors (Lipinski definition) is 4. The van der Waals surface area contributed by atoms with Crippen LogP contribution in [0.15, 0.2) is 42.5 Å². The van der Waals surface area contributed by atoms with Crippen LogP contribution in [0.4, 0.5) is 14.9 Å². The van der Waals surface area contributed by atoms with Crippen LogP contribution >= 0.6 is 11.6 Å². The second-order valence-corrected chi connectivity index (χ2v) is 7.49. The molecule has 9 heteroatoms. The summed E-state index contributed by atoms with van der Waals surface area (Å²) in [5.74, 6) is 3.93. The van der Waals surface area contributed by atoms with Crippen molar-refractivity contribution in [2.45, 2.75) is 13.5 Å². The Kier molecular flexibility index (Phi) is 7.25. The van der Waals surface area contributed by atoms with E-state index < -0.39 is 11.7 Å². The lowest BCUT2D eigenvalue weighted by atomic mass is 10.1. The number of nitrogens with two attached hydrogens (primary N) is 1. The zero-order valence-electron chi connectivity index (χ0n) is 16.8. The lowest BCUT2D eigenvalue weighted by molar-refractivity contribution is 0.0953. The Balaban J connectivity index is 1.87. The zero-order chi connectivity index (χ0) is 21.7. The highest BCUT2D eigenvalue weighted by atomic mass is 35.5. The number of halogens is 2. The SMILES string of the molecule is CCN1CCN(C(=O)N(Cc2ccc(C(=O)NN)cc2F)c2cccc(Cl)c2)CC1. The third-order valence-electron chi connectivity index (χ3n) is 5.22. The largest absolute Gasteiger partial charge is 0.324 e. The Hall–Kier alpha value is -2.68. The second-order valence-electron chi connectivity index (χ2n) is 7.05. The molecule has 3 N–H and O–H groups in total. The fraction of sp³-hybridized carbons (Fsp3) is 0.333. The summed E-state index contributed by atoms with van der Waals surface area (Å²) in [4.78, 5) is 30.5. The van der Waals surface area contributed by atoms with Gasteiger partial charge in [0, 0.05) is 48.0 Å². The smallest absolute Gasteiger partial charge is 0.322 e. The minimum absolute atomic E-state index is 0.00350. The van der Waals surface area contributed by atoms with Crippen molar-refractivity contribution in [3.8, 4) is 0 Å². The van der Waals surface area contributed by atoms with Crippen molar-refractivity contribution < 1.29 is 14.0 Å². The minimum atomic E-state index is -0.591. The van der Waals surface area contributed by atoms with Gasteiger partial charge in [-0.05, 0) is 36.9 Å². The molecule has 2 aromatic rings. The monoisotopic (exact) mass is 433 g/mol. The van der Waals surface area contributed by atoms with Crippen LogP contribution in [0.1, 0.15) is 22.8 Å². The molecule has 0 saturated carbocycles. The molecule has 0 bridgehead atoms. The van der Waals surface area contributed by atoms with E-state index in [0.717, 1.165) is 25.7 Å². The number of rotatable bonds is 5. The second kappa shape index (κ2) is 9.88. The maximum Gasteiger partial charge on any atom is 0.324 e. The minimum Gasteiger partial charge on any atom is -0.322 e. The molecule has 0 aliphatic carbocycles. The Morgan fingerprint density at radius 2 is 1.90 bits per heavy atom. The molecule has 3 rings (SSSR count). The first-order valence-electron chi connectivity index (χ1n) is 9.76. The fourth-order valence-electron chi connectivity index (χ4n) is 3.41. The van der Waals surface area contributed by atoms with Gasteiger partial charge in [-0.2, -0.15) is 0 Å². The van der Waals surface area contributed by atoms with E-state index in [4.69, 9.17) is 17.4 Å². The number of benzene rings is 2. The first kappa shape index (κ1) is 22.0. The average molecular weight is 434 g/mol. The van der Waals surface area contributed by atoms with Crippen molar-refractivity contribution in [2.75, 3.05) is 37.6 Å².